The zero-order valence-corrected chi connectivity index (χ0v) is 8.92. The fourth-order valence-corrected chi connectivity index (χ4v) is 0.974. The molecule has 0 saturated carbocycles. The Morgan fingerprint density at radius 1 is 1.08 bits per heavy atom. The first-order chi connectivity index (χ1) is 6.27. The van der Waals surface area contributed by atoms with Crippen LogP contribution in [-0.2, 0) is 9.47 Å². The van der Waals surface area contributed by atoms with Crippen LogP contribution in [0.2, 0.25) is 0 Å². The van der Waals surface area contributed by atoms with Crippen LogP contribution in [0.25, 0.3) is 0 Å². The summed E-state index contributed by atoms with van der Waals surface area (Å²) in [5, 5.41) is 0. The van der Waals surface area contributed by atoms with Gasteiger partial charge in [0.05, 0.1) is 13.2 Å². The molecule has 0 aliphatic rings. The molecular weight excluding hydrogens is 166 g/mol. The molecule has 0 aromatic carbocycles. The third-order valence-electron chi connectivity index (χ3n) is 1.67. The average Bonchev–Trinajstić information content (AvgIpc) is 2.09. The summed E-state index contributed by atoms with van der Waals surface area (Å²) in [6.45, 7) is 7.18. The normalized spacial score (nSPS) is 13.2. The molecule has 0 bridgehead atoms. The summed E-state index contributed by atoms with van der Waals surface area (Å²) in [5.74, 6) is 0. The zero-order chi connectivity index (χ0) is 9.94. The van der Waals surface area contributed by atoms with Crippen molar-refractivity contribution < 1.29 is 9.47 Å². The molecule has 2 N–H and O–H groups in total. The van der Waals surface area contributed by atoms with Crippen molar-refractivity contribution in [2.75, 3.05) is 26.4 Å². The van der Waals surface area contributed by atoms with Gasteiger partial charge in [0.1, 0.15) is 0 Å². The van der Waals surface area contributed by atoms with E-state index in [4.69, 9.17) is 15.2 Å². The predicted octanol–water partition coefficient (Wildman–Crippen LogP) is 1.56. The van der Waals surface area contributed by atoms with E-state index in [2.05, 4.69) is 6.92 Å². The Bertz CT molecular complexity index is 96.9. The second-order valence-corrected chi connectivity index (χ2v) is 3.34. The van der Waals surface area contributed by atoms with Gasteiger partial charge in [0.15, 0.2) is 0 Å². The second kappa shape index (κ2) is 9.96. The highest BCUT2D eigenvalue weighted by atomic mass is 16.5. The molecule has 0 amide bonds. The quantitative estimate of drug-likeness (QED) is 0.560. The van der Waals surface area contributed by atoms with E-state index in [0.29, 0.717) is 19.3 Å². The van der Waals surface area contributed by atoms with Crippen molar-refractivity contribution >= 4 is 0 Å². The van der Waals surface area contributed by atoms with Gasteiger partial charge in [-0.15, -0.1) is 0 Å². The Labute approximate surface area is 81.6 Å². The minimum absolute atomic E-state index is 0.292. The third kappa shape index (κ3) is 11.9. The molecule has 0 saturated heterocycles. The lowest BCUT2D eigenvalue weighted by atomic mass is 10.2. The fourth-order valence-electron chi connectivity index (χ4n) is 0.974. The van der Waals surface area contributed by atoms with Crippen molar-refractivity contribution in [2.45, 2.75) is 39.2 Å². The molecule has 3 heteroatoms. The molecule has 1 unspecified atom stereocenters. The van der Waals surface area contributed by atoms with Gasteiger partial charge in [0, 0.05) is 19.3 Å². The predicted molar refractivity (Wildman–Crippen MR) is 54.8 cm³/mol. The van der Waals surface area contributed by atoms with E-state index < -0.39 is 0 Å². The highest BCUT2D eigenvalue weighted by Crippen LogP contribution is 1.93. The molecular formula is C10H23NO2. The van der Waals surface area contributed by atoms with E-state index in [0.717, 1.165) is 32.5 Å². The lowest BCUT2D eigenvalue weighted by Gasteiger charge is -2.06. The first-order valence-corrected chi connectivity index (χ1v) is 5.18. The first kappa shape index (κ1) is 12.9. The van der Waals surface area contributed by atoms with E-state index in [-0.39, 0.29) is 0 Å². The van der Waals surface area contributed by atoms with Crippen LogP contribution >= 0.6 is 0 Å². The highest BCUT2D eigenvalue weighted by molar-refractivity contribution is 4.51. The van der Waals surface area contributed by atoms with Gasteiger partial charge in [-0.1, -0.05) is 6.92 Å². The minimum atomic E-state index is 0.292. The summed E-state index contributed by atoms with van der Waals surface area (Å²) < 4.78 is 10.6. The van der Waals surface area contributed by atoms with Gasteiger partial charge >= 0.3 is 0 Å². The molecule has 0 fully saturated rings. The van der Waals surface area contributed by atoms with E-state index in [1.54, 1.807) is 0 Å². The summed E-state index contributed by atoms with van der Waals surface area (Å²) in [5.41, 5.74) is 5.59. The summed E-state index contributed by atoms with van der Waals surface area (Å²) in [6, 6.07) is 0.292. The van der Waals surface area contributed by atoms with Crippen LogP contribution in [0.5, 0.6) is 0 Å². The summed E-state index contributed by atoms with van der Waals surface area (Å²) >= 11 is 0. The van der Waals surface area contributed by atoms with Crippen LogP contribution in [0.15, 0.2) is 0 Å². The van der Waals surface area contributed by atoms with Crippen LogP contribution in [0.1, 0.15) is 33.1 Å². The molecule has 0 spiro atoms. The Morgan fingerprint density at radius 3 is 2.23 bits per heavy atom. The molecule has 80 valence electrons. The smallest absolute Gasteiger partial charge is 0.0700 e. The average molecular weight is 189 g/mol. The Morgan fingerprint density at radius 2 is 1.69 bits per heavy atom. The molecule has 0 heterocycles. The van der Waals surface area contributed by atoms with Gasteiger partial charge in [0.2, 0.25) is 0 Å². The van der Waals surface area contributed by atoms with Crippen molar-refractivity contribution in [3.8, 4) is 0 Å². The van der Waals surface area contributed by atoms with Crippen molar-refractivity contribution in [3.63, 3.8) is 0 Å². The van der Waals surface area contributed by atoms with E-state index in [9.17, 15) is 0 Å². The SMILES string of the molecule is CCCOCCOCCCC(C)N. The number of nitrogens with two attached hydrogens (primary N) is 1. The minimum Gasteiger partial charge on any atom is -0.379 e. The van der Waals surface area contributed by atoms with Crippen LogP contribution in [0, 0.1) is 0 Å². The number of ether oxygens (including phenoxy) is 2. The van der Waals surface area contributed by atoms with Gasteiger partial charge in [0.25, 0.3) is 0 Å². The highest BCUT2D eigenvalue weighted by Gasteiger charge is 1.94. The summed E-state index contributed by atoms with van der Waals surface area (Å²) in [4.78, 5) is 0. The molecule has 0 aromatic rings. The molecule has 0 rings (SSSR count). The monoisotopic (exact) mass is 189 g/mol. The van der Waals surface area contributed by atoms with Crippen LogP contribution in [0.3, 0.4) is 0 Å². The third-order valence-corrected chi connectivity index (χ3v) is 1.67. The van der Waals surface area contributed by atoms with Crippen LogP contribution in [0.4, 0.5) is 0 Å². The molecule has 1 atom stereocenters. The molecule has 3 nitrogen and oxygen atoms in total. The van der Waals surface area contributed by atoms with Gasteiger partial charge in [-0.3, -0.25) is 0 Å². The standard InChI is InChI=1S/C10H23NO2/c1-3-6-12-8-9-13-7-4-5-10(2)11/h10H,3-9,11H2,1-2H3. The van der Waals surface area contributed by atoms with E-state index >= 15 is 0 Å². The van der Waals surface area contributed by atoms with Crippen LogP contribution in [-0.4, -0.2) is 32.5 Å². The number of hydrogen-bond donors (Lipinski definition) is 1. The summed E-state index contributed by atoms with van der Waals surface area (Å²) in [7, 11) is 0. The topological polar surface area (TPSA) is 44.5 Å². The Hall–Kier alpha value is -0.120. The van der Waals surface area contributed by atoms with Crippen molar-refractivity contribution in [1.82, 2.24) is 0 Å². The maximum atomic E-state index is 5.59. The number of hydrogen-bond acceptors (Lipinski definition) is 3. The van der Waals surface area contributed by atoms with Crippen molar-refractivity contribution in [3.05, 3.63) is 0 Å². The van der Waals surface area contributed by atoms with Crippen molar-refractivity contribution in [1.29, 1.82) is 0 Å². The van der Waals surface area contributed by atoms with Gasteiger partial charge in [-0.25, -0.2) is 0 Å². The van der Waals surface area contributed by atoms with Gasteiger partial charge in [-0.2, -0.15) is 0 Å². The molecule has 0 aliphatic carbocycles. The maximum absolute atomic E-state index is 5.59. The molecule has 0 aromatic heterocycles. The molecule has 0 radical (unpaired) electrons. The van der Waals surface area contributed by atoms with E-state index in [1.165, 1.54) is 0 Å². The summed E-state index contributed by atoms with van der Waals surface area (Å²) in [6.07, 6.45) is 3.16. The largest absolute Gasteiger partial charge is 0.379 e. The van der Waals surface area contributed by atoms with Gasteiger partial charge < -0.3 is 15.2 Å². The zero-order valence-electron chi connectivity index (χ0n) is 8.92. The Balaban J connectivity index is 2.84. The van der Waals surface area contributed by atoms with Gasteiger partial charge in [-0.05, 0) is 26.2 Å². The van der Waals surface area contributed by atoms with E-state index in [1.807, 2.05) is 6.92 Å². The van der Waals surface area contributed by atoms with Crippen molar-refractivity contribution in [2.24, 2.45) is 5.73 Å². The lowest BCUT2D eigenvalue weighted by Crippen LogP contribution is -2.15. The number of rotatable bonds is 9. The fraction of sp³-hybridized carbons (Fsp3) is 1.00. The molecule has 13 heavy (non-hydrogen) atoms. The van der Waals surface area contributed by atoms with Crippen LogP contribution < -0.4 is 5.73 Å². The lowest BCUT2D eigenvalue weighted by molar-refractivity contribution is 0.0464. The Kier molecular flexibility index (Phi) is 9.87. The molecule has 0 aliphatic heterocycles. The maximum Gasteiger partial charge on any atom is 0.0700 e. The first-order valence-electron chi connectivity index (χ1n) is 5.18. The second-order valence-electron chi connectivity index (χ2n) is 3.34.